The van der Waals surface area contributed by atoms with Crippen molar-refractivity contribution in [2.75, 3.05) is 44.7 Å². The average Bonchev–Trinajstić information content (AvgIpc) is 2.46. The van der Waals surface area contributed by atoms with Crippen molar-refractivity contribution < 1.29 is 9.90 Å². The lowest BCUT2D eigenvalue weighted by atomic mass is 10.1. The Kier molecular flexibility index (Phi) is 3.54. The smallest absolute Gasteiger partial charge is 0.355 e. The molecule has 3 rings (SSSR count). The van der Waals surface area contributed by atoms with Crippen LogP contribution in [0.5, 0.6) is 0 Å². The molecule has 0 radical (unpaired) electrons. The number of fused-ring (bicyclic) bond motifs is 1. The van der Waals surface area contributed by atoms with E-state index in [0.29, 0.717) is 12.5 Å². The SMILES string of the molecule is CN1CCN(c2nc3c(c(C(=O)O)n2)CNCC3)CC1. The van der Waals surface area contributed by atoms with Gasteiger partial charge in [0.2, 0.25) is 5.95 Å². The highest BCUT2D eigenvalue weighted by atomic mass is 16.4. The number of likely N-dealkylation sites (N-methyl/N-ethyl adjacent to an activating group) is 1. The topological polar surface area (TPSA) is 81.6 Å². The molecule has 108 valence electrons. The van der Waals surface area contributed by atoms with Gasteiger partial charge >= 0.3 is 5.97 Å². The Balaban J connectivity index is 1.95. The molecular formula is C13H19N5O2. The largest absolute Gasteiger partial charge is 0.476 e. The first kappa shape index (κ1) is 13.3. The summed E-state index contributed by atoms with van der Waals surface area (Å²) in [4.78, 5) is 24.6. The van der Waals surface area contributed by atoms with E-state index in [1.165, 1.54) is 0 Å². The number of anilines is 1. The van der Waals surface area contributed by atoms with Crippen LogP contribution in [-0.2, 0) is 13.0 Å². The zero-order chi connectivity index (χ0) is 14.1. The molecule has 0 unspecified atom stereocenters. The summed E-state index contributed by atoms with van der Waals surface area (Å²) in [5.74, 6) is -0.404. The highest BCUT2D eigenvalue weighted by molar-refractivity contribution is 5.87. The van der Waals surface area contributed by atoms with Gasteiger partial charge in [-0.1, -0.05) is 0 Å². The molecule has 7 heteroatoms. The van der Waals surface area contributed by atoms with Gasteiger partial charge in [0.15, 0.2) is 5.69 Å². The van der Waals surface area contributed by atoms with Crippen molar-refractivity contribution in [2.24, 2.45) is 0 Å². The molecule has 0 amide bonds. The lowest BCUT2D eigenvalue weighted by Gasteiger charge is -2.33. The van der Waals surface area contributed by atoms with E-state index in [9.17, 15) is 9.90 Å². The summed E-state index contributed by atoms with van der Waals surface area (Å²) >= 11 is 0. The average molecular weight is 277 g/mol. The third-order valence-corrected chi connectivity index (χ3v) is 3.91. The van der Waals surface area contributed by atoms with Crippen molar-refractivity contribution in [1.82, 2.24) is 20.2 Å². The van der Waals surface area contributed by atoms with Gasteiger partial charge in [-0.25, -0.2) is 14.8 Å². The monoisotopic (exact) mass is 277 g/mol. The Morgan fingerprint density at radius 3 is 2.70 bits per heavy atom. The number of carbonyl (C=O) groups is 1. The molecule has 2 N–H and O–H groups in total. The van der Waals surface area contributed by atoms with Crippen LogP contribution in [0.2, 0.25) is 0 Å². The third-order valence-electron chi connectivity index (χ3n) is 3.91. The number of nitrogens with zero attached hydrogens (tertiary/aromatic N) is 4. The van der Waals surface area contributed by atoms with E-state index in [0.717, 1.165) is 50.4 Å². The van der Waals surface area contributed by atoms with E-state index in [1.807, 2.05) is 0 Å². The second-order valence-electron chi connectivity index (χ2n) is 5.32. The Hall–Kier alpha value is -1.73. The second kappa shape index (κ2) is 5.34. The van der Waals surface area contributed by atoms with Crippen molar-refractivity contribution >= 4 is 11.9 Å². The fraction of sp³-hybridized carbons (Fsp3) is 0.615. The summed E-state index contributed by atoms with van der Waals surface area (Å²) in [7, 11) is 2.08. The Morgan fingerprint density at radius 1 is 1.25 bits per heavy atom. The molecule has 1 aromatic rings. The number of aromatic nitrogens is 2. The number of carboxylic acid groups (broad SMARTS) is 1. The van der Waals surface area contributed by atoms with Crippen LogP contribution in [0.4, 0.5) is 5.95 Å². The predicted molar refractivity (Wildman–Crippen MR) is 74.1 cm³/mol. The van der Waals surface area contributed by atoms with Crippen molar-refractivity contribution in [3.8, 4) is 0 Å². The Labute approximate surface area is 117 Å². The van der Waals surface area contributed by atoms with Gasteiger partial charge in [0, 0.05) is 51.3 Å². The summed E-state index contributed by atoms with van der Waals surface area (Å²) in [5, 5.41) is 12.5. The zero-order valence-electron chi connectivity index (χ0n) is 11.6. The van der Waals surface area contributed by atoms with Crippen LogP contribution in [0.3, 0.4) is 0 Å². The molecule has 0 aromatic carbocycles. The quantitative estimate of drug-likeness (QED) is 0.759. The van der Waals surface area contributed by atoms with E-state index in [4.69, 9.17) is 0 Å². The lowest BCUT2D eigenvalue weighted by Crippen LogP contribution is -2.45. The molecule has 1 fully saturated rings. The number of carboxylic acids is 1. The molecule has 0 bridgehead atoms. The molecule has 0 atom stereocenters. The molecule has 1 aromatic heterocycles. The number of piperazine rings is 1. The highest BCUT2D eigenvalue weighted by Gasteiger charge is 2.24. The molecule has 0 aliphatic carbocycles. The molecule has 1 saturated heterocycles. The number of rotatable bonds is 2. The maximum Gasteiger partial charge on any atom is 0.355 e. The Morgan fingerprint density at radius 2 is 2.00 bits per heavy atom. The van der Waals surface area contributed by atoms with Gasteiger partial charge in [-0.05, 0) is 7.05 Å². The summed E-state index contributed by atoms with van der Waals surface area (Å²) in [5.41, 5.74) is 1.77. The standard InChI is InChI=1S/C13H19N5O2/c1-17-4-6-18(7-5-17)13-15-10-2-3-14-8-9(10)11(16-13)12(19)20/h14H,2-8H2,1H3,(H,19,20). The zero-order valence-corrected chi connectivity index (χ0v) is 11.6. The summed E-state index contributed by atoms with van der Waals surface area (Å²) in [6, 6.07) is 0. The maximum atomic E-state index is 11.4. The minimum absolute atomic E-state index is 0.149. The van der Waals surface area contributed by atoms with Gasteiger partial charge in [-0.2, -0.15) is 0 Å². The van der Waals surface area contributed by atoms with Crippen molar-refractivity contribution in [3.05, 3.63) is 17.0 Å². The van der Waals surface area contributed by atoms with Crippen LogP contribution in [0, 0.1) is 0 Å². The van der Waals surface area contributed by atoms with Crippen molar-refractivity contribution in [3.63, 3.8) is 0 Å². The summed E-state index contributed by atoms with van der Waals surface area (Å²) in [6.45, 7) is 4.96. The molecule has 7 nitrogen and oxygen atoms in total. The fourth-order valence-electron chi connectivity index (χ4n) is 2.65. The van der Waals surface area contributed by atoms with Gasteiger partial charge in [-0.15, -0.1) is 0 Å². The lowest BCUT2D eigenvalue weighted by molar-refractivity contribution is 0.0688. The normalized spacial score (nSPS) is 19.8. The van der Waals surface area contributed by atoms with Gasteiger partial charge < -0.3 is 20.2 Å². The fourth-order valence-corrected chi connectivity index (χ4v) is 2.65. The summed E-state index contributed by atoms with van der Waals surface area (Å²) < 4.78 is 0. The molecule has 2 aliphatic heterocycles. The van der Waals surface area contributed by atoms with Crippen LogP contribution >= 0.6 is 0 Å². The molecule has 3 heterocycles. The van der Waals surface area contributed by atoms with Gasteiger partial charge in [0.1, 0.15) is 0 Å². The van der Waals surface area contributed by atoms with Gasteiger partial charge in [-0.3, -0.25) is 0 Å². The van der Waals surface area contributed by atoms with E-state index in [1.54, 1.807) is 0 Å². The van der Waals surface area contributed by atoms with Crippen LogP contribution in [0.15, 0.2) is 0 Å². The van der Waals surface area contributed by atoms with E-state index in [-0.39, 0.29) is 5.69 Å². The van der Waals surface area contributed by atoms with E-state index >= 15 is 0 Å². The Bertz CT molecular complexity index is 526. The van der Waals surface area contributed by atoms with Crippen LogP contribution in [-0.4, -0.2) is 65.7 Å². The first-order valence-electron chi connectivity index (χ1n) is 6.92. The second-order valence-corrected chi connectivity index (χ2v) is 5.32. The number of aromatic carboxylic acids is 1. The minimum atomic E-state index is -0.970. The molecular weight excluding hydrogens is 258 g/mol. The first-order chi connectivity index (χ1) is 9.65. The van der Waals surface area contributed by atoms with Crippen LogP contribution in [0.1, 0.15) is 21.7 Å². The molecule has 2 aliphatic rings. The van der Waals surface area contributed by atoms with Crippen molar-refractivity contribution in [1.29, 1.82) is 0 Å². The summed E-state index contributed by atoms with van der Waals surface area (Å²) in [6.07, 6.45) is 0.763. The molecule has 0 spiro atoms. The van der Waals surface area contributed by atoms with E-state index < -0.39 is 5.97 Å². The number of hydrogen-bond acceptors (Lipinski definition) is 6. The number of nitrogens with one attached hydrogen (secondary N) is 1. The van der Waals surface area contributed by atoms with Crippen LogP contribution < -0.4 is 10.2 Å². The van der Waals surface area contributed by atoms with Crippen molar-refractivity contribution in [2.45, 2.75) is 13.0 Å². The maximum absolute atomic E-state index is 11.4. The first-order valence-corrected chi connectivity index (χ1v) is 6.92. The molecule has 0 saturated carbocycles. The molecule has 20 heavy (non-hydrogen) atoms. The predicted octanol–water partition coefficient (Wildman–Crippen LogP) is -0.428. The van der Waals surface area contributed by atoms with Crippen LogP contribution in [0.25, 0.3) is 0 Å². The van der Waals surface area contributed by atoms with Gasteiger partial charge in [0.05, 0.1) is 5.69 Å². The third kappa shape index (κ3) is 2.46. The van der Waals surface area contributed by atoms with Gasteiger partial charge in [0.25, 0.3) is 0 Å². The minimum Gasteiger partial charge on any atom is -0.476 e. The highest BCUT2D eigenvalue weighted by Crippen LogP contribution is 2.20. The van der Waals surface area contributed by atoms with E-state index in [2.05, 4.69) is 32.1 Å². The number of hydrogen-bond donors (Lipinski definition) is 2.